The van der Waals surface area contributed by atoms with Crippen LogP contribution in [0.3, 0.4) is 0 Å². The molecule has 1 aromatic carbocycles. The Kier molecular flexibility index (Phi) is 6.21. The summed E-state index contributed by atoms with van der Waals surface area (Å²) in [6.45, 7) is 3.56. The number of hydrogen-bond acceptors (Lipinski definition) is 3. The summed E-state index contributed by atoms with van der Waals surface area (Å²) in [5.41, 5.74) is 0. The van der Waals surface area contributed by atoms with Gasteiger partial charge in [0.15, 0.2) is 0 Å². The van der Waals surface area contributed by atoms with Gasteiger partial charge in [-0.3, -0.25) is 4.79 Å². The monoisotopic (exact) mass is 396 g/mol. The highest BCUT2D eigenvalue weighted by Gasteiger charge is 2.15. The van der Waals surface area contributed by atoms with Crippen molar-refractivity contribution in [1.82, 2.24) is 10.0 Å². The zero-order valence-corrected chi connectivity index (χ0v) is 13.8. The molecule has 0 radical (unpaired) electrons. The van der Waals surface area contributed by atoms with Crippen LogP contribution in [0, 0.1) is 3.57 Å². The van der Waals surface area contributed by atoms with Gasteiger partial charge >= 0.3 is 0 Å². The largest absolute Gasteiger partial charge is 0.353 e. The summed E-state index contributed by atoms with van der Waals surface area (Å²) in [4.78, 5) is 11.7. The molecule has 106 valence electrons. The van der Waals surface area contributed by atoms with E-state index in [4.69, 9.17) is 0 Å². The number of carbonyl (C=O) groups is 1. The molecule has 0 aromatic heterocycles. The van der Waals surface area contributed by atoms with Crippen molar-refractivity contribution in [2.24, 2.45) is 0 Å². The average Bonchev–Trinajstić information content (AvgIpc) is 2.37. The maximum absolute atomic E-state index is 11.9. The molecule has 1 aromatic rings. The molecule has 5 nitrogen and oxygen atoms in total. The van der Waals surface area contributed by atoms with Crippen molar-refractivity contribution in [3.8, 4) is 0 Å². The molecule has 1 amide bonds. The fourth-order valence-corrected chi connectivity index (χ4v) is 2.63. The van der Waals surface area contributed by atoms with Crippen LogP contribution < -0.4 is 10.0 Å². The van der Waals surface area contributed by atoms with E-state index in [2.05, 4.69) is 32.6 Å². The van der Waals surface area contributed by atoms with Crippen molar-refractivity contribution in [3.05, 3.63) is 27.8 Å². The van der Waals surface area contributed by atoms with E-state index in [1.807, 2.05) is 13.8 Å². The maximum atomic E-state index is 11.9. The third-order valence-electron chi connectivity index (χ3n) is 2.57. The van der Waals surface area contributed by atoms with E-state index >= 15 is 0 Å². The van der Waals surface area contributed by atoms with Gasteiger partial charge < -0.3 is 5.32 Å². The van der Waals surface area contributed by atoms with Gasteiger partial charge in [-0.05, 0) is 60.2 Å². The molecule has 0 saturated carbocycles. The number of nitrogens with one attached hydrogen (secondary N) is 2. The van der Waals surface area contributed by atoms with Crippen LogP contribution in [0.25, 0.3) is 0 Å². The normalized spacial score (nSPS) is 13.0. The van der Waals surface area contributed by atoms with E-state index in [1.165, 1.54) is 12.1 Å². The lowest BCUT2D eigenvalue weighted by atomic mass is 10.2. The first-order chi connectivity index (χ1) is 8.85. The van der Waals surface area contributed by atoms with Crippen molar-refractivity contribution in [2.75, 3.05) is 6.54 Å². The first-order valence-electron chi connectivity index (χ1n) is 5.89. The minimum absolute atomic E-state index is 0.0373. The second kappa shape index (κ2) is 7.20. The maximum Gasteiger partial charge on any atom is 0.241 e. The van der Waals surface area contributed by atoms with Gasteiger partial charge in [0.1, 0.15) is 0 Å². The van der Waals surface area contributed by atoms with Gasteiger partial charge in [0.2, 0.25) is 15.9 Å². The first kappa shape index (κ1) is 16.4. The summed E-state index contributed by atoms with van der Waals surface area (Å²) in [5, 5.41) is 2.70. The zero-order valence-electron chi connectivity index (χ0n) is 10.8. The van der Waals surface area contributed by atoms with Crippen molar-refractivity contribution in [2.45, 2.75) is 31.2 Å². The zero-order chi connectivity index (χ0) is 14.5. The highest BCUT2D eigenvalue weighted by atomic mass is 127. The number of carbonyl (C=O) groups excluding carboxylic acids is 1. The number of benzene rings is 1. The molecule has 1 unspecified atom stereocenters. The Morgan fingerprint density at radius 3 is 2.42 bits per heavy atom. The van der Waals surface area contributed by atoms with Gasteiger partial charge in [0, 0.05) is 9.61 Å². The number of sulfonamides is 1. The fraction of sp³-hybridized carbons (Fsp3) is 0.417. The number of amides is 1. The van der Waals surface area contributed by atoms with E-state index in [-0.39, 0.29) is 23.4 Å². The quantitative estimate of drug-likeness (QED) is 0.716. The fourth-order valence-electron chi connectivity index (χ4n) is 1.29. The molecule has 0 aliphatic rings. The minimum Gasteiger partial charge on any atom is -0.353 e. The molecule has 1 atom stereocenters. The second-order valence-corrected chi connectivity index (χ2v) is 7.17. The predicted octanol–water partition coefficient (Wildman–Crippen LogP) is 1.48. The molecule has 0 aliphatic heterocycles. The van der Waals surface area contributed by atoms with Gasteiger partial charge in [-0.25, -0.2) is 13.1 Å². The van der Waals surface area contributed by atoms with Gasteiger partial charge in [-0.15, -0.1) is 0 Å². The Morgan fingerprint density at radius 2 is 1.89 bits per heavy atom. The lowest BCUT2D eigenvalue weighted by Gasteiger charge is -2.12. The van der Waals surface area contributed by atoms with Gasteiger partial charge in [0.25, 0.3) is 0 Å². The first-order valence-corrected chi connectivity index (χ1v) is 8.46. The highest BCUT2D eigenvalue weighted by Crippen LogP contribution is 2.11. The van der Waals surface area contributed by atoms with Crippen LogP contribution in [-0.2, 0) is 14.8 Å². The summed E-state index contributed by atoms with van der Waals surface area (Å²) in [6.07, 6.45) is 0.801. The summed E-state index contributed by atoms with van der Waals surface area (Å²) in [7, 11) is -3.63. The number of hydrogen-bond donors (Lipinski definition) is 2. The van der Waals surface area contributed by atoms with Gasteiger partial charge in [-0.1, -0.05) is 6.92 Å². The van der Waals surface area contributed by atoms with Crippen LogP contribution in [0.4, 0.5) is 0 Å². The predicted molar refractivity (Wildman–Crippen MR) is 82.2 cm³/mol. The SMILES string of the molecule is CCC(C)NC(=O)CNS(=O)(=O)c1ccc(I)cc1. The average molecular weight is 396 g/mol. The van der Waals surface area contributed by atoms with E-state index in [0.717, 1.165) is 9.99 Å². The topological polar surface area (TPSA) is 75.3 Å². The molecule has 0 saturated heterocycles. The molecule has 0 heterocycles. The highest BCUT2D eigenvalue weighted by molar-refractivity contribution is 14.1. The van der Waals surface area contributed by atoms with E-state index in [9.17, 15) is 13.2 Å². The van der Waals surface area contributed by atoms with Crippen LogP contribution in [0.2, 0.25) is 0 Å². The van der Waals surface area contributed by atoms with Gasteiger partial charge in [0.05, 0.1) is 11.4 Å². The van der Waals surface area contributed by atoms with E-state index in [1.54, 1.807) is 12.1 Å². The Labute approximate surface area is 127 Å². The van der Waals surface area contributed by atoms with Crippen molar-refractivity contribution in [1.29, 1.82) is 0 Å². The van der Waals surface area contributed by atoms with E-state index in [0.29, 0.717) is 0 Å². The molecular weight excluding hydrogens is 379 g/mol. The molecular formula is C12H17IN2O3S. The van der Waals surface area contributed by atoms with Gasteiger partial charge in [-0.2, -0.15) is 0 Å². The second-order valence-electron chi connectivity index (χ2n) is 4.16. The van der Waals surface area contributed by atoms with E-state index < -0.39 is 10.0 Å². The lowest BCUT2D eigenvalue weighted by Crippen LogP contribution is -2.40. The summed E-state index contributed by atoms with van der Waals surface area (Å²) < 4.78 is 27.1. The van der Waals surface area contributed by atoms with Crippen molar-refractivity contribution < 1.29 is 13.2 Å². The molecule has 19 heavy (non-hydrogen) atoms. The molecule has 7 heteroatoms. The van der Waals surface area contributed by atoms with Crippen molar-refractivity contribution >= 4 is 38.5 Å². The Balaban J connectivity index is 2.61. The van der Waals surface area contributed by atoms with Crippen LogP contribution >= 0.6 is 22.6 Å². The molecule has 1 rings (SSSR count). The number of rotatable bonds is 6. The van der Waals surface area contributed by atoms with Crippen molar-refractivity contribution in [3.63, 3.8) is 0 Å². The summed E-state index contributed by atoms with van der Waals surface area (Å²) >= 11 is 2.09. The summed E-state index contributed by atoms with van der Waals surface area (Å²) in [5.74, 6) is -0.330. The third-order valence-corrected chi connectivity index (χ3v) is 4.70. The molecule has 0 spiro atoms. The third kappa shape index (κ3) is 5.45. The van der Waals surface area contributed by atoms with Crippen LogP contribution in [-0.4, -0.2) is 26.9 Å². The Hall–Kier alpha value is -0.670. The van der Waals surface area contributed by atoms with Crippen LogP contribution in [0.15, 0.2) is 29.2 Å². The molecule has 2 N–H and O–H groups in total. The molecule has 0 bridgehead atoms. The molecule has 0 aliphatic carbocycles. The van der Waals surface area contributed by atoms with Crippen LogP contribution in [0.1, 0.15) is 20.3 Å². The molecule has 0 fully saturated rings. The Bertz CT molecular complexity index is 528. The number of halogens is 1. The van der Waals surface area contributed by atoms with Crippen LogP contribution in [0.5, 0.6) is 0 Å². The smallest absolute Gasteiger partial charge is 0.241 e. The lowest BCUT2D eigenvalue weighted by molar-refractivity contribution is -0.120. The Morgan fingerprint density at radius 1 is 1.32 bits per heavy atom. The summed E-state index contributed by atoms with van der Waals surface area (Å²) in [6, 6.07) is 6.46. The minimum atomic E-state index is -3.63. The standard InChI is InChI=1S/C12H17IN2O3S/c1-3-9(2)15-12(16)8-14-19(17,18)11-6-4-10(13)5-7-11/h4-7,9,14H,3,8H2,1-2H3,(H,15,16).